The number of carboxylic acid groups (broad SMARTS) is 1. The molecule has 6 nitrogen and oxygen atoms in total. The van der Waals surface area contributed by atoms with Gasteiger partial charge in [-0.15, -0.1) is 0 Å². The predicted molar refractivity (Wildman–Crippen MR) is 71.7 cm³/mol. The quantitative estimate of drug-likeness (QED) is 0.819. The third-order valence-corrected chi connectivity index (χ3v) is 2.79. The fourth-order valence-corrected chi connectivity index (χ4v) is 1.88. The van der Waals surface area contributed by atoms with Gasteiger partial charge in [0.05, 0.1) is 6.61 Å². The van der Waals surface area contributed by atoms with Crippen molar-refractivity contribution < 1.29 is 14.6 Å². The molecule has 0 aliphatic heterocycles. The number of carbonyl (C=O) groups is 1. The number of hydrogen-bond acceptors (Lipinski definition) is 4. The Morgan fingerprint density at radius 3 is 2.74 bits per heavy atom. The molecule has 0 saturated heterocycles. The summed E-state index contributed by atoms with van der Waals surface area (Å²) in [4.78, 5) is 10.8. The van der Waals surface area contributed by atoms with Crippen LogP contribution in [0.5, 0.6) is 5.75 Å². The Kier molecular flexibility index (Phi) is 3.96. The highest BCUT2D eigenvalue weighted by Gasteiger charge is 2.11. The number of aliphatic carboxylic acids is 1. The number of benzene rings is 1. The molecule has 0 unspecified atom stereocenters. The summed E-state index contributed by atoms with van der Waals surface area (Å²) in [6.07, 6.45) is 0. The number of H-pyrrole nitrogens is 1. The van der Waals surface area contributed by atoms with Crippen LogP contribution in [0.4, 0.5) is 0 Å². The lowest BCUT2D eigenvalue weighted by Gasteiger charge is -2.06. The van der Waals surface area contributed by atoms with Crippen LogP contribution in [0.15, 0.2) is 24.3 Å². The van der Waals surface area contributed by atoms with Crippen LogP contribution < -0.4 is 4.74 Å². The monoisotopic (exact) mass is 279 g/mol. The molecule has 7 heteroatoms. The lowest BCUT2D eigenvalue weighted by Crippen LogP contribution is -2.10. The van der Waals surface area contributed by atoms with Crippen molar-refractivity contribution in [3.63, 3.8) is 0 Å². The van der Waals surface area contributed by atoms with E-state index in [-0.39, 0.29) is 11.3 Å². The third-order valence-electron chi connectivity index (χ3n) is 2.48. The van der Waals surface area contributed by atoms with E-state index in [4.69, 9.17) is 22.1 Å². The first kappa shape index (κ1) is 13.3. The number of rotatable bonds is 5. The molecule has 0 aliphatic carbocycles. The van der Waals surface area contributed by atoms with Gasteiger partial charge in [-0.2, -0.15) is 5.10 Å². The van der Waals surface area contributed by atoms with Crippen LogP contribution in [0.1, 0.15) is 6.92 Å². The molecule has 0 bridgehead atoms. The molecule has 2 N–H and O–H groups in total. The maximum atomic E-state index is 10.8. The average Bonchev–Trinajstić information content (AvgIpc) is 2.72. The first-order chi connectivity index (χ1) is 9.11. The van der Waals surface area contributed by atoms with Crippen molar-refractivity contribution in [1.82, 2.24) is 14.8 Å². The van der Waals surface area contributed by atoms with E-state index in [1.165, 1.54) is 4.57 Å². The molecule has 1 heterocycles. The third kappa shape index (κ3) is 3.00. The van der Waals surface area contributed by atoms with E-state index in [2.05, 4.69) is 10.2 Å². The molecule has 0 radical (unpaired) electrons. The summed E-state index contributed by atoms with van der Waals surface area (Å²) in [5.74, 6) is 0.283. The highest BCUT2D eigenvalue weighted by Crippen LogP contribution is 2.21. The van der Waals surface area contributed by atoms with E-state index in [9.17, 15) is 4.79 Å². The molecule has 1 aromatic carbocycles. The topological polar surface area (TPSA) is 80.1 Å². The van der Waals surface area contributed by atoms with Crippen molar-refractivity contribution in [1.29, 1.82) is 0 Å². The van der Waals surface area contributed by atoms with Crippen LogP contribution >= 0.6 is 12.2 Å². The van der Waals surface area contributed by atoms with Gasteiger partial charge in [0, 0.05) is 5.56 Å². The lowest BCUT2D eigenvalue weighted by molar-refractivity contribution is -0.137. The maximum absolute atomic E-state index is 10.8. The Bertz CT molecular complexity index is 630. The van der Waals surface area contributed by atoms with Crippen molar-refractivity contribution in [2.75, 3.05) is 6.61 Å². The molecule has 0 spiro atoms. The minimum atomic E-state index is -0.968. The summed E-state index contributed by atoms with van der Waals surface area (Å²) < 4.78 is 7.07. The first-order valence-electron chi connectivity index (χ1n) is 5.72. The predicted octanol–water partition coefficient (Wildman–Crippen LogP) is 2.09. The van der Waals surface area contributed by atoms with Crippen LogP contribution in [-0.4, -0.2) is 32.4 Å². The zero-order chi connectivity index (χ0) is 13.8. The molecule has 0 fully saturated rings. The van der Waals surface area contributed by atoms with Gasteiger partial charge in [0.25, 0.3) is 0 Å². The van der Waals surface area contributed by atoms with Crippen molar-refractivity contribution in [3.8, 4) is 17.1 Å². The molecule has 100 valence electrons. The molecular formula is C12H13N3O3S. The highest BCUT2D eigenvalue weighted by molar-refractivity contribution is 7.71. The van der Waals surface area contributed by atoms with Gasteiger partial charge in [0.2, 0.25) is 0 Å². The highest BCUT2D eigenvalue weighted by atomic mass is 32.1. The molecule has 0 saturated carbocycles. The Hall–Kier alpha value is -2.15. The standard InChI is InChI=1S/C12H13N3O3S/c1-2-18-9-5-3-8(4-6-9)11-13-14-12(19)15(11)7-10(16)17/h3-6H,2,7H2,1H3,(H,14,19)(H,16,17). The van der Waals surface area contributed by atoms with Crippen molar-refractivity contribution >= 4 is 18.2 Å². The van der Waals surface area contributed by atoms with E-state index in [0.29, 0.717) is 12.4 Å². The summed E-state index contributed by atoms with van der Waals surface area (Å²) in [6.45, 7) is 2.28. The molecule has 0 aliphatic rings. The Morgan fingerprint density at radius 1 is 1.47 bits per heavy atom. The Balaban J connectivity index is 2.36. The summed E-state index contributed by atoms with van der Waals surface area (Å²) in [5.41, 5.74) is 0.775. The maximum Gasteiger partial charge on any atom is 0.323 e. The normalized spacial score (nSPS) is 10.4. The SMILES string of the molecule is CCOc1ccc(-c2n[nH]c(=S)n2CC(=O)O)cc1. The lowest BCUT2D eigenvalue weighted by atomic mass is 10.2. The van der Waals surface area contributed by atoms with Crippen molar-refractivity contribution in [3.05, 3.63) is 29.0 Å². The Morgan fingerprint density at radius 2 is 2.16 bits per heavy atom. The molecular weight excluding hydrogens is 266 g/mol. The second-order valence-corrected chi connectivity index (χ2v) is 4.18. The number of nitrogens with zero attached hydrogens (tertiary/aromatic N) is 2. The van der Waals surface area contributed by atoms with Crippen LogP contribution in [0.25, 0.3) is 11.4 Å². The van der Waals surface area contributed by atoms with E-state index in [1.807, 2.05) is 31.2 Å². The minimum absolute atomic E-state index is 0.224. The fourth-order valence-electron chi connectivity index (χ4n) is 1.69. The summed E-state index contributed by atoms with van der Waals surface area (Å²) in [6, 6.07) is 7.24. The van der Waals surface area contributed by atoms with E-state index in [1.54, 1.807) is 0 Å². The van der Waals surface area contributed by atoms with Crippen LogP contribution in [0.3, 0.4) is 0 Å². The second-order valence-electron chi connectivity index (χ2n) is 3.79. The molecule has 0 atom stereocenters. The van der Waals surface area contributed by atoms with Gasteiger partial charge in [-0.05, 0) is 43.4 Å². The number of ether oxygens (including phenoxy) is 1. The largest absolute Gasteiger partial charge is 0.494 e. The van der Waals surface area contributed by atoms with Crippen molar-refractivity contribution in [2.45, 2.75) is 13.5 Å². The minimum Gasteiger partial charge on any atom is -0.494 e. The molecule has 0 amide bonds. The van der Waals surface area contributed by atoms with E-state index in [0.717, 1.165) is 11.3 Å². The molecule has 1 aromatic heterocycles. The first-order valence-corrected chi connectivity index (χ1v) is 6.13. The van der Waals surface area contributed by atoms with Gasteiger partial charge in [-0.3, -0.25) is 14.5 Å². The van der Waals surface area contributed by atoms with E-state index >= 15 is 0 Å². The Labute approximate surface area is 114 Å². The van der Waals surface area contributed by atoms with E-state index < -0.39 is 5.97 Å². The number of aromatic nitrogens is 3. The molecule has 19 heavy (non-hydrogen) atoms. The van der Waals surface area contributed by atoms with Gasteiger partial charge in [0.1, 0.15) is 12.3 Å². The zero-order valence-electron chi connectivity index (χ0n) is 10.3. The zero-order valence-corrected chi connectivity index (χ0v) is 11.1. The summed E-state index contributed by atoms with van der Waals surface area (Å²) in [7, 11) is 0. The van der Waals surface area contributed by atoms with Gasteiger partial charge in [0.15, 0.2) is 10.6 Å². The number of carboxylic acids is 1. The van der Waals surface area contributed by atoms with Gasteiger partial charge < -0.3 is 9.84 Å². The summed E-state index contributed by atoms with van der Waals surface area (Å²) >= 11 is 5.02. The van der Waals surface area contributed by atoms with Crippen LogP contribution in [0.2, 0.25) is 0 Å². The van der Waals surface area contributed by atoms with Crippen LogP contribution in [-0.2, 0) is 11.3 Å². The fraction of sp³-hybridized carbons (Fsp3) is 0.250. The van der Waals surface area contributed by atoms with Crippen LogP contribution in [0, 0.1) is 4.77 Å². The number of aromatic amines is 1. The van der Waals surface area contributed by atoms with Crippen molar-refractivity contribution in [2.24, 2.45) is 0 Å². The average molecular weight is 279 g/mol. The van der Waals surface area contributed by atoms with Gasteiger partial charge >= 0.3 is 5.97 Å². The number of nitrogens with one attached hydrogen (secondary N) is 1. The smallest absolute Gasteiger partial charge is 0.323 e. The molecule has 2 aromatic rings. The van der Waals surface area contributed by atoms with Gasteiger partial charge in [-0.1, -0.05) is 0 Å². The summed E-state index contributed by atoms with van der Waals surface area (Å²) in [5, 5.41) is 15.5. The van der Waals surface area contributed by atoms with Gasteiger partial charge in [-0.25, -0.2) is 0 Å². The second kappa shape index (κ2) is 5.66. The molecule has 2 rings (SSSR count). The number of hydrogen-bond donors (Lipinski definition) is 2.